The fourth-order valence-corrected chi connectivity index (χ4v) is 4.07. The zero-order valence-electron chi connectivity index (χ0n) is 10.7. The van der Waals surface area contributed by atoms with E-state index in [-0.39, 0.29) is 0 Å². The van der Waals surface area contributed by atoms with Crippen LogP contribution in [0.2, 0.25) is 0 Å². The normalized spacial score (nSPS) is 30.1. The van der Waals surface area contributed by atoms with E-state index >= 15 is 0 Å². The van der Waals surface area contributed by atoms with Gasteiger partial charge in [-0.3, -0.25) is 0 Å². The molecule has 2 aliphatic heterocycles. The molecule has 3 heterocycles. The zero-order valence-corrected chi connectivity index (χ0v) is 12.3. The Kier molecular flexibility index (Phi) is 2.88. The van der Waals surface area contributed by atoms with Gasteiger partial charge in [-0.2, -0.15) is 0 Å². The van der Waals surface area contributed by atoms with Gasteiger partial charge in [0.25, 0.3) is 0 Å². The first-order chi connectivity index (χ1) is 9.28. The summed E-state index contributed by atoms with van der Waals surface area (Å²) in [5.74, 6) is 1.62. The number of nitrogens with one attached hydrogen (secondary N) is 1. The molecule has 2 aromatic rings. The average molecular weight is 321 g/mol. The van der Waals surface area contributed by atoms with Crippen molar-refractivity contribution < 1.29 is 4.42 Å². The molecule has 1 aromatic heterocycles. The van der Waals surface area contributed by atoms with Crippen molar-refractivity contribution in [1.82, 2.24) is 10.3 Å². The monoisotopic (exact) mass is 320 g/mol. The maximum Gasteiger partial charge on any atom is 0.195 e. The molecule has 2 unspecified atom stereocenters. The van der Waals surface area contributed by atoms with Crippen LogP contribution in [0.4, 0.5) is 0 Å². The third-order valence-electron chi connectivity index (χ3n) is 4.45. The molecular formula is C15H17BrN2O. The predicted octanol–water partition coefficient (Wildman–Crippen LogP) is 3.66. The number of nitrogens with zero attached hydrogens (tertiary/aromatic N) is 1. The Hall–Kier alpha value is -0.870. The number of piperidine rings is 1. The van der Waals surface area contributed by atoms with Gasteiger partial charge >= 0.3 is 0 Å². The second-order valence-corrected chi connectivity index (χ2v) is 6.73. The molecule has 2 bridgehead atoms. The van der Waals surface area contributed by atoms with E-state index in [1.165, 1.54) is 25.7 Å². The molecule has 2 aliphatic rings. The lowest BCUT2D eigenvalue weighted by Gasteiger charge is -2.28. The molecule has 2 fully saturated rings. The zero-order chi connectivity index (χ0) is 12.8. The minimum Gasteiger partial charge on any atom is -0.439 e. The third-order valence-corrected chi connectivity index (χ3v) is 5.07. The molecule has 4 heteroatoms. The first-order valence-electron chi connectivity index (χ1n) is 7.08. The van der Waals surface area contributed by atoms with E-state index in [0.29, 0.717) is 0 Å². The Morgan fingerprint density at radius 1 is 1.26 bits per heavy atom. The summed E-state index contributed by atoms with van der Waals surface area (Å²) in [6.45, 7) is 0. The molecule has 0 radical (unpaired) electrons. The molecule has 1 N–H and O–H groups in total. The largest absolute Gasteiger partial charge is 0.439 e. The molecule has 0 spiro atoms. The maximum absolute atomic E-state index is 5.91. The first kappa shape index (κ1) is 11.9. The van der Waals surface area contributed by atoms with Gasteiger partial charge in [-0.05, 0) is 59.7 Å². The second-order valence-electron chi connectivity index (χ2n) is 5.88. The molecule has 2 atom stereocenters. The number of oxazole rings is 1. The minimum absolute atomic E-state index is 0.727. The fourth-order valence-electron chi connectivity index (χ4n) is 3.64. The number of benzene rings is 1. The quantitative estimate of drug-likeness (QED) is 0.917. The molecule has 0 aliphatic carbocycles. The fraction of sp³-hybridized carbons (Fsp3) is 0.533. The average Bonchev–Trinajstić information content (AvgIpc) is 2.94. The van der Waals surface area contributed by atoms with E-state index in [2.05, 4.69) is 26.2 Å². The van der Waals surface area contributed by atoms with Crippen LogP contribution >= 0.6 is 15.9 Å². The van der Waals surface area contributed by atoms with Crippen LogP contribution in [0, 0.1) is 5.92 Å². The van der Waals surface area contributed by atoms with Gasteiger partial charge in [0.1, 0.15) is 5.52 Å². The molecule has 4 rings (SSSR count). The van der Waals surface area contributed by atoms with Crippen molar-refractivity contribution in [1.29, 1.82) is 0 Å². The maximum atomic E-state index is 5.91. The van der Waals surface area contributed by atoms with Gasteiger partial charge in [-0.15, -0.1) is 0 Å². The van der Waals surface area contributed by atoms with Gasteiger partial charge < -0.3 is 9.73 Å². The van der Waals surface area contributed by atoms with Crippen LogP contribution in [-0.4, -0.2) is 17.1 Å². The lowest BCUT2D eigenvalue weighted by molar-refractivity contribution is 0.284. The molecule has 0 saturated carbocycles. The Bertz CT molecular complexity index is 597. The van der Waals surface area contributed by atoms with Crippen LogP contribution in [0.15, 0.2) is 27.1 Å². The summed E-state index contributed by atoms with van der Waals surface area (Å²) in [6, 6.07) is 7.49. The molecule has 2 saturated heterocycles. The number of fused-ring (bicyclic) bond motifs is 3. The summed E-state index contributed by atoms with van der Waals surface area (Å²) in [5.41, 5.74) is 1.84. The van der Waals surface area contributed by atoms with Crippen molar-refractivity contribution in [2.24, 2.45) is 5.92 Å². The second kappa shape index (κ2) is 4.60. The van der Waals surface area contributed by atoms with Crippen molar-refractivity contribution >= 4 is 27.0 Å². The van der Waals surface area contributed by atoms with Crippen LogP contribution in [0.25, 0.3) is 11.1 Å². The van der Waals surface area contributed by atoms with Crippen molar-refractivity contribution in [3.63, 3.8) is 0 Å². The molecule has 0 amide bonds. The van der Waals surface area contributed by atoms with Gasteiger partial charge in [-0.25, -0.2) is 4.98 Å². The number of para-hydroxylation sites is 1. The number of aromatic nitrogens is 1. The first-order valence-corrected chi connectivity index (χ1v) is 7.87. The molecule has 3 nitrogen and oxygen atoms in total. The summed E-state index contributed by atoms with van der Waals surface area (Å²) in [6.07, 6.45) is 6.23. The predicted molar refractivity (Wildman–Crippen MR) is 78.1 cm³/mol. The number of hydrogen-bond donors (Lipinski definition) is 1. The highest BCUT2D eigenvalue weighted by Crippen LogP contribution is 2.33. The summed E-state index contributed by atoms with van der Waals surface area (Å²) in [5, 5.41) is 3.68. The summed E-state index contributed by atoms with van der Waals surface area (Å²) in [4.78, 5) is 4.62. The van der Waals surface area contributed by atoms with Crippen LogP contribution in [0.5, 0.6) is 0 Å². The van der Waals surface area contributed by atoms with Gasteiger partial charge in [0, 0.05) is 18.5 Å². The highest BCUT2D eigenvalue weighted by molar-refractivity contribution is 9.10. The van der Waals surface area contributed by atoms with Gasteiger partial charge in [-0.1, -0.05) is 6.07 Å². The Balaban J connectivity index is 1.56. The Morgan fingerprint density at radius 2 is 2.05 bits per heavy atom. The number of hydrogen-bond acceptors (Lipinski definition) is 3. The highest BCUT2D eigenvalue weighted by Gasteiger charge is 2.34. The Morgan fingerprint density at radius 3 is 2.79 bits per heavy atom. The van der Waals surface area contributed by atoms with E-state index < -0.39 is 0 Å². The van der Waals surface area contributed by atoms with Crippen LogP contribution in [0.3, 0.4) is 0 Å². The molecule has 1 aromatic carbocycles. The molecular weight excluding hydrogens is 304 g/mol. The lowest BCUT2D eigenvalue weighted by atomic mass is 9.90. The van der Waals surface area contributed by atoms with E-state index in [0.717, 1.165) is 45.9 Å². The van der Waals surface area contributed by atoms with E-state index in [4.69, 9.17) is 4.42 Å². The standard InChI is InChI=1S/C15H17BrN2O/c16-12-2-1-3-13-15(12)19-14(18-13)8-9-6-10-4-5-11(7-9)17-10/h1-3,9-11,17H,4-8H2. The van der Waals surface area contributed by atoms with Gasteiger partial charge in [0.05, 0.1) is 4.47 Å². The van der Waals surface area contributed by atoms with Crippen molar-refractivity contribution in [3.05, 3.63) is 28.6 Å². The number of halogens is 1. The van der Waals surface area contributed by atoms with Crippen molar-refractivity contribution in [2.45, 2.75) is 44.2 Å². The van der Waals surface area contributed by atoms with Crippen LogP contribution in [0.1, 0.15) is 31.6 Å². The van der Waals surface area contributed by atoms with Gasteiger partial charge in [0.15, 0.2) is 11.5 Å². The van der Waals surface area contributed by atoms with Crippen molar-refractivity contribution in [2.75, 3.05) is 0 Å². The topological polar surface area (TPSA) is 38.1 Å². The number of rotatable bonds is 2. The lowest BCUT2D eigenvalue weighted by Crippen LogP contribution is -2.38. The van der Waals surface area contributed by atoms with E-state index in [1.54, 1.807) is 0 Å². The molecule has 100 valence electrons. The van der Waals surface area contributed by atoms with Crippen molar-refractivity contribution in [3.8, 4) is 0 Å². The molecule has 19 heavy (non-hydrogen) atoms. The Labute approximate surface area is 120 Å². The summed E-state index contributed by atoms with van der Waals surface area (Å²) >= 11 is 3.52. The smallest absolute Gasteiger partial charge is 0.195 e. The van der Waals surface area contributed by atoms with Crippen LogP contribution in [-0.2, 0) is 6.42 Å². The van der Waals surface area contributed by atoms with Crippen LogP contribution < -0.4 is 5.32 Å². The summed E-state index contributed by atoms with van der Waals surface area (Å²) < 4.78 is 6.91. The third kappa shape index (κ3) is 2.21. The van der Waals surface area contributed by atoms with E-state index in [9.17, 15) is 0 Å². The summed E-state index contributed by atoms with van der Waals surface area (Å²) in [7, 11) is 0. The van der Waals surface area contributed by atoms with E-state index in [1.807, 2.05) is 18.2 Å². The highest BCUT2D eigenvalue weighted by atomic mass is 79.9. The SMILES string of the molecule is Brc1cccc2nc(CC3CC4CCC(C3)N4)oc12. The van der Waals surface area contributed by atoms with Gasteiger partial charge in [0.2, 0.25) is 0 Å². The minimum atomic E-state index is 0.727.